The van der Waals surface area contributed by atoms with Crippen molar-refractivity contribution in [2.75, 3.05) is 26.7 Å². The van der Waals surface area contributed by atoms with Crippen LogP contribution in [0.5, 0.6) is 0 Å². The molecule has 1 saturated heterocycles. The maximum atomic E-state index is 13.7. The number of carbonyl (C=O) groups excluding carboxylic acids is 4. The third-order valence-electron chi connectivity index (χ3n) is 8.42. The summed E-state index contributed by atoms with van der Waals surface area (Å²) in [6, 6.07) is 0.917. The lowest BCUT2D eigenvalue weighted by atomic mass is 9.84. The predicted molar refractivity (Wildman–Crippen MR) is 146 cm³/mol. The Morgan fingerprint density at radius 3 is 2.28 bits per heavy atom. The van der Waals surface area contributed by atoms with Crippen LogP contribution in [0.2, 0.25) is 0 Å². The number of carbonyl (C=O) groups is 4. The number of furan rings is 1. The molecule has 2 N–H and O–H groups in total. The van der Waals surface area contributed by atoms with Crippen LogP contribution >= 0.6 is 0 Å². The molecule has 0 aromatic carbocycles. The molecule has 1 aromatic rings. The zero-order valence-electron chi connectivity index (χ0n) is 24.4. The van der Waals surface area contributed by atoms with E-state index in [1.54, 1.807) is 22.9 Å². The normalized spacial score (nSPS) is 18.5. The lowest BCUT2D eigenvalue weighted by Gasteiger charge is -2.40. The van der Waals surface area contributed by atoms with Gasteiger partial charge in [0.05, 0.1) is 12.5 Å². The van der Waals surface area contributed by atoms with Crippen LogP contribution in [0, 0.1) is 31.1 Å². The molecule has 218 valence electrons. The summed E-state index contributed by atoms with van der Waals surface area (Å²) in [6.07, 6.45) is 6.42. The summed E-state index contributed by atoms with van der Waals surface area (Å²) in [5.74, 6) is 0.190. The minimum Gasteiger partial charge on any atom is -0.456 e. The zero-order valence-corrected chi connectivity index (χ0v) is 24.4. The molecule has 39 heavy (non-hydrogen) atoms. The summed E-state index contributed by atoms with van der Waals surface area (Å²) in [7, 11) is 1.76. The topological polar surface area (TPSA) is 123 Å². The quantitative estimate of drug-likeness (QED) is 0.263. The number of hydroxylamine groups is 2. The number of amides is 4. The van der Waals surface area contributed by atoms with Crippen molar-refractivity contribution in [3.8, 4) is 0 Å². The van der Waals surface area contributed by atoms with Crippen LogP contribution in [0.4, 0.5) is 0 Å². The molecule has 0 radical (unpaired) electrons. The largest absolute Gasteiger partial charge is 0.456 e. The van der Waals surface area contributed by atoms with Crippen molar-refractivity contribution in [3.05, 3.63) is 23.2 Å². The van der Waals surface area contributed by atoms with Gasteiger partial charge in [0.2, 0.25) is 18.2 Å². The van der Waals surface area contributed by atoms with E-state index in [9.17, 15) is 24.4 Å². The second kappa shape index (κ2) is 13.0. The van der Waals surface area contributed by atoms with Crippen molar-refractivity contribution in [2.45, 2.75) is 91.6 Å². The lowest BCUT2D eigenvalue weighted by molar-refractivity contribution is -0.156. The Balaban J connectivity index is 1.64. The number of nitrogens with zero attached hydrogens (tertiary/aromatic N) is 3. The molecule has 2 fully saturated rings. The first-order valence-corrected chi connectivity index (χ1v) is 14.2. The number of rotatable bonds is 10. The summed E-state index contributed by atoms with van der Waals surface area (Å²) >= 11 is 0. The van der Waals surface area contributed by atoms with Gasteiger partial charge in [-0.15, -0.1) is 0 Å². The zero-order chi connectivity index (χ0) is 28.9. The molecular weight excluding hydrogens is 500 g/mol. The Bertz CT molecular complexity index is 998. The number of hydrogen-bond acceptors (Lipinski definition) is 6. The molecule has 2 atom stereocenters. The number of aryl methyl sites for hydroxylation is 2. The van der Waals surface area contributed by atoms with Gasteiger partial charge in [0, 0.05) is 26.2 Å². The van der Waals surface area contributed by atoms with Gasteiger partial charge in [-0.25, -0.2) is 5.06 Å². The maximum Gasteiger partial charge on any atom is 0.289 e. The second-order valence-corrected chi connectivity index (χ2v) is 12.4. The highest BCUT2D eigenvalue weighted by Gasteiger charge is 2.39. The molecule has 4 amide bonds. The highest BCUT2D eigenvalue weighted by Crippen LogP contribution is 2.31. The molecule has 0 spiro atoms. The van der Waals surface area contributed by atoms with Gasteiger partial charge < -0.3 is 19.5 Å². The smallest absolute Gasteiger partial charge is 0.289 e. The van der Waals surface area contributed by atoms with Crippen molar-refractivity contribution in [3.63, 3.8) is 0 Å². The van der Waals surface area contributed by atoms with E-state index in [0.29, 0.717) is 55.5 Å². The van der Waals surface area contributed by atoms with E-state index in [4.69, 9.17) is 4.42 Å². The Hall–Kier alpha value is -2.88. The van der Waals surface area contributed by atoms with Crippen LogP contribution in [0.15, 0.2) is 10.5 Å². The summed E-state index contributed by atoms with van der Waals surface area (Å²) in [5.41, 5.74) is 0.380. The molecule has 1 saturated carbocycles. The molecule has 1 aliphatic heterocycles. The lowest BCUT2D eigenvalue weighted by Crippen LogP contribution is -2.58. The Morgan fingerprint density at radius 2 is 1.77 bits per heavy atom. The van der Waals surface area contributed by atoms with E-state index < -0.39 is 17.4 Å². The molecule has 2 heterocycles. The molecule has 0 unspecified atom stereocenters. The van der Waals surface area contributed by atoms with Gasteiger partial charge in [-0.05, 0) is 56.1 Å². The number of nitrogens with one attached hydrogen (secondary N) is 1. The third kappa shape index (κ3) is 7.84. The van der Waals surface area contributed by atoms with Crippen molar-refractivity contribution < 1.29 is 28.8 Å². The van der Waals surface area contributed by atoms with Gasteiger partial charge in [0.25, 0.3) is 5.91 Å². The van der Waals surface area contributed by atoms with Gasteiger partial charge in [0.15, 0.2) is 5.76 Å². The monoisotopic (exact) mass is 546 g/mol. The Kier molecular flexibility index (Phi) is 10.2. The van der Waals surface area contributed by atoms with Gasteiger partial charge in [-0.1, -0.05) is 46.5 Å². The van der Waals surface area contributed by atoms with E-state index >= 15 is 0 Å². The fourth-order valence-electron chi connectivity index (χ4n) is 5.76. The SMILES string of the molecule is Cc1cc(C(=O)N2CCC(N(C)C(=O)[C@@H](NC(=O)[C@H](CC3CCCC3)CN(O)C=O)C(C)(C)C)CC2)oc1C. The number of likely N-dealkylation sites (tertiary alicyclic amines) is 1. The van der Waals surface area contributed by atoms with E-state index in [1.165, 1.54) is 0 Å². The fourth-order valence-corrected chi connectivity index (χ4v) is 5.76. The van der Waals surface area contributed by atoms with Crippen LogP contribution in [-0.2, 0) is 14.4 Å². The number of hydrogen-bond donors (Lipinski definition) is 2. The van der Waals surface area contributed by atoms with Crippen molar-refractivity contribution in [1.29, 1.82) is 0 Å². The van der Waals surface area contributed by atoms with Crippen molar-refractivity contribution in [1.82, 2.24) is 20.2 Å². The molecule has 2 aliphatic rings. The summed E-state index contributed by atoms with van der Waals surface area (Å²) in [6.45, 7) is 10.4. The highest BCUT2D eigenvalue weighted by atomic mass is 16.5. The van der Waals surface area contributed by atoms with Crippen molar-refractivity contribution in [2.24, 2.45) is 17.3 Å². The first-order chi connectivity index (χ1) is 18.3. The minimum atomic E-state index is -0.779. The molecule has 0 bridgehead atoms. The van der Waals surface area contributed by atoms with E-state index in [2.05, 4.69) is 5.32 Å². The number of piperidine rings is 1. The second-order valence-electron chi connectivity index (χ2n) is 12.4. The average molecular weight is 547 g/mol. The van der Waals surface area contributed by atoms with Crippen LogP contribution in [-0.4, -0.2) is 83.0 Å². The molecule has 1 aromatic heterocycles. The average Bonchev–Trinajstić information content (AvgIpc) is 3.53. The summed E-state index contributed by atoms with van der Waals surface area (Å²) in [4.78, 5) is 54.6. The Morgan fingerprint density at radius 1 is 1.15 bits per heavy atom. The first kappa shape index (κ1) is 30.7. The van der Waals surface area contributed by atoms with Crippen LogP contribution < -0.4 is 5.32 Å². The molecular formula is C29H46N4O6. The van der Waals surface area contributed by atoms with Gasteiger partial charge in [-0.2, -0.15) is 0 Å². The summed E-state index contributed by atoms with van der Waals surface area (Å²) in [5, 5.41) is 13.3. The third-order valence-corrected chi connectivity index (χ3v) is 8.42. The van der Waals surface area contributed by atoms with Crippen LogP contribution in [0.3, 0.4) is 0 Å². The van der Waals surface area contributed by atoms with Gasteiger partial charge >= 0.3 is 0 Å². The van der Waals surface area contributed by atoms with Crippen LogP contribution in [0.1, 0.15) is 87.6 Å². The molecule has 3 rings (SSSR count). The van der Waals surface area contributed by atoms with Gasteiger partial charge in [-0.3, -0.25) is 24.4 Å². The first-order valence-electron chi connectivity index (χ1n) is 14.2. The molecule has 10 heteroatoms. The Labute approximate surface area is 232 Å². The molecule has 10 nitrogen and oxygen atoms in total. The van der Waals surface area contributed by atoms with E-state index in [1.807, 2.05) is 34.6 Å². The fraction of sp³-hybridized carbons (Fsp3) is 0.724. The predicted octanol–water partition coefficient (Wildman–Crippen LogP) is 3.53. The number of likely N-dealkylation sites (N-methyl/N-ethyl adjacent to an activating group) is 1. The van der Waals surface area contributed by atoms with E-state index in [0.717, 1.165) is 37.0 Å². The van der Waals surface area contributed by atoms with Crippen molar-refractivity contribution >= 4 is 24.1 Å². The highest BCUT2D eigenvalue weighted by molar-refractivity contribution is 5.92. The standard InChI is InChI=1S/C29H46N4O6/c1-19-15-24(39-20(19)2)27(36)32-13-11-23(12-14-32)31(6)28(37)25(29(3,4)5)30-26(35)22(17-33(38)18-34)16-21-9-7-8-10-21/h15,18,21-23,25,38H,7-14,16-17H2,1-6H3,(H,30,35)/t22-,25-/m1/s1. The minimum absolute atomic E-state index is 0.0688. The van der Waals surface area contributed by atoms with Gasteiger partial charge in [0.1, 0.15) is 11.8 Å². The van der Waals surface area contributed by atoms with E-state index in [-0.39, 0.29) is 30.3 Å². The molecule has 1 aliphatic carbocycles. The summed E-state index contributed by atoms with van der Waals surface area (Å²) < 4.78 is 5.61. The van der Waals surface area contributed by atoms with Crippen LogP contribution in [0.25, 0.3) is 0 Å². The maximum absolute atomic E-state index is 13.7.